The minimum Gasteiger partial charge on any atom is -0.508 e. The number of aryl methyl sites for hydroxylation is 1. The highest BCUT2D eigenvalue weighted by Gasteiger charge is 2.43. The first kappa shape index (κ1) is 34.6. The van der Waals surface area contributed by atoms with Crippen LogP contribution in [0.25, 0.3) is 0 Å². The largest absolute Gasteiger partial charge is 0.508 e. The summed E-state index contributed by atoms with van der Waals surface area (Å²) in [6.07, 6.45) is 4.47. The van der Waals surface area contributed by atoms with Crippen molar-refractivity contribution in [2.45, 2.75) is 68.6 Å². The summed E-state index contributed by atoms with van der Waals surface area (Å²) in [5.41, 5.74) is 7.46. The molecule has 1 aliphatic carbocycles. The third-order valence-electron chi connectivity index (χ3n) is 12.4. The van der Waals surface area contributed by atoms with Crippen molar-refractivity contribution in [3.05, 3.63) is 137 Å². The zero-order valence-corrected chi connectivity index (χ0v) is 30.7. The van der Waals surface area contributed by atoms with Crippen LogP contribution in [0.15, 0.2) is 103 Å². The molecule has 9 heteroatoms. The number of hydrogen-bond acceptors (Lipinski definition) is 7. The zero-order chi connectivity index (χ0) is 36.8. The number of carbonyl (C=O) groups excluding carboxylic acids is 2. The third kappa shape index (κ3) is 6.75. The maximum Gasteiger partial charge on any atom is 0.255 e. The molecular weight excluding hydrogens is 677 g/mol. The number of hydrogen-bond donors (Lipinski definition) is 2. The van der Waals surface area contributed by atoms with Crippen LogP contribution >= 0.6 is 0 Å². The SMILES string of the molecule is C=C1CC[C@H](N2Cc3cc(OCCN4C[C@H]5C[C@@H]4CN5CCOc4ccc([C@H]5c6ccc(O)cc6CC[C@H]5c5ccccc5)cc4)ccc3C2=O)C(=O)N1. The Balaban J connectivity index is 0.742. The van der Waals surface area contributed by atoms with E-state index in [0.717, 1.165) is 56.1 Å². The van der Waals surface area contributed by atoms with Crippen molar-refractivity contribution in [3.8, 4) is 17.2 Å². The van der Waals surface area contributed by atoms with Crippen molar-refractivity contribution < 1.29 is 24.2 Å². The minimum atomic E-state index is -0.458. The number of rotatable bonds is 11. The molecule has 54 heavy (non-hydrogen) atoms. The Hall–Kier alpha value is -5.12. The van der Waals surface area contributed by atoms with Crippen molar-refractivity contribution in [2.75, 3.05) is 39.4 Å². The highest BCUT2D eigenvalue weighted by Crippen LogP contribution is 2.47. The van der Waals surface area contributed by atoms with Gasteiger partial charge in [-0.3, -0.25) is 19.4 Å². The molecule has 5 aliphatic rings. The lowest BCUT2D eigenvalue weighted by Gasteiger charge is -2.35. The van der Waals surface area contributed by atoms with Gasteiger partial charge >= 0.3 is 0 Å². The lowest BCUT2D eigenvalue weighted by molar-refractivity contribution is -0.126. The maximum absolute atomic E-state index is 13.1. The van der Waals surface area contributed by atoms with Crippen LogP contribution in [0, 0.1) is 0 Å². The summed E-state index contributed by atoms with van der Waals surface area (Å²) in [7, 11) is 0. The van der Waals surface area contributed by atoms with Crippen molar-refractivity contribution in [1.29, 1.82) is 0 Å². The van der Waals surface area contributed by atoms with E-state index in [-0.39, 0.29) is 17.7 Å². The van der Waals surface area contributed by atoms with Crippen molar-refractivity contribution in [2.24, 2.45) is 0 Å². The van der Waals surface area contributed by atoms with Crippen LogP contribution in [-0.2, 0) is 17.8 Å². The molecule has 3 saturated heterocycles. The van der Waals surface area contributed by atoms with Crippen molar-refractivity contribution in [3.63, 3.8) is 0 Å². The fraction of sp³-hybridized carbons (Fsp3) is 0.378. The number of nitrogens with one attached hydrogen (secondary N) is 1. The van der Waals surface area contributed by atoms with Gasteiger partial charge < -0.3 is 24.8 Å². The van der Waals surface area contributed by atoms with E-state index in [2.05, 4.69) is 82.4 Å². The summed E-state index contributed by atoms with van der Waals surface area (Å²) < 4.78 is 12.5. The number of phenolic OH excluding ortho intramolecular Hbond substituents is 1. The molecule has 0 unspecified atom stereocenters. The Morgan fingerprint density at radius 2 is 1.48 bits per heavy atom. The third-order valence-corrected chi connectivity index (χ3v) is 12.4. The first-order valence-corrected chi connectivity index (χ1v) is 19.5. The number of likely N-dealkylation sites (tertiary alicyclic amines) is 2. The number of carbonyl (C=O) groups is 2. The quantitative estimate of drug-likeness (QED) is 0.190. The first-order chi connectivity index (χ1) is 26.4. The lowest BCUT2D eigenvalue weighted by Crippen LogP contribution is -2.49. The Morgan fingerprint density at radius 1 is 0.759 bits per heavy atom. The van der Waals surface area contributed by atoms with Gasteiger partial charge in [-0.25, -0.2) is 0 Å². The number of piperazine rings is 1. The molecule has 4 heterocycles. The van der Waals surface area contributed by atoms with Gasteiger partial charge in [0.2, 0.25) is 5.91 Å². The fourth-order valence-corrected chi connectivity index (χ4v) is 9.71. The summed E-state index contributed by atoms with van der Waals surface area (Å²) >= 11 is 0. The summed E-state index contributed by atoms with van der Waals surface area (Å²) in [5.74, 6) is 2.36. The smallest absolute Gasteiger partial charge is 0.255 e. The molecule has 4 aromatic rings. The van der Waals surface area contributed by atoms with E-state index in [9.17, 15) is 14.7 Å². The molecule has 2 bridgehead atoms. The van der Waals surface area contributed by atoms with E-state index >= 15 is 0 Å². The highest BCUT2D eigenvalue weighted by atomic mass is 16.5. The van der Waals surface area contributed by atoms with E-state index < -0.39 is 6.04 Å². The van der Waals surface area contributed by atoms with Crippen LogP contribution in [0.4, 0.5) is 0 Å². The predicted molar refractivity (Wildman–Crippen MR) is 207 cm³/mol. The summed E-state index contributed by atoms with van der Waals surface area (Å²) in [4.78, 5) is 32.4. The van der Waals surface area contributed by atoms with Gasteiger partial charge in [-0.2, -0.15) is 0 Å². The van der Waals surface area contributed by atoms with Crippen LogP contribution in [0.1, 0.15) is 75.7 Å². The maximum atomic E-state index is 13.1. The lowest BCUT2D eigenvalue weighted by atomic mass is 9.69. The number of fused-ring (bicyclic) bond motifs is 4. The average molecular weight is 725 g/mol. The Bertz CT molecular complexity index is 2050. The number of nitrogens with zero attached hydrogens (tertiary/aromatic N) is 3. The molecule has 4 aliphatic heterocycles. The van der Waals surface area contributed by atoms with Gasteiger partial charge in [0.1, 0.15) is 36.5 Å². The van der Waals surface area contributed by atoms with Gasteiger partial charge in [0, 0.05) is 62.0 Å². The molecule has 4 aromatic carbocycles. The molecule has 2 N–H and O–H groups in total. The molecule has 278 valence electrons. The van der Waals surface area contributed by atoms with Gasteiger partial charge in [-0.05, 0) is 108 Å². The zero-order valence-electron chi connectivity index (χ0n) is 30.7. The average Bonchev–Trinajstić information content (AvgIpc) is 3.87. The van der Waals surface area contributed by atoms with Crippen LogP contribution in [-0.4, -0.2) is 89.1 Å². The number of ether oxygens (including phenoxy) is 2. The minimum absolute atomic E-state index is 0.0910. The van der Waals surface area contributed by atoms with Crippen LogP contribution in [0.3, 0.4) is 0 Å². The number of aromatic hydroxyl groups is 1. The molecule has 9 nitrogen and oxygen atoms in total. The van der Waals surface area contributed by atoms with E-state index in [1.807, 2.05) is 30.3 Å². The number of allylic oxidation sites excluding steroid dienone is 1. The highest BCUT2D eigenvalue weighted by molar-refractivity contribution is 6.01. The van der Waals surface area contributed by atoms with Crippen molar-refractivity contribution in [1.82, 2.24) is 20.0 Å². The van der Waals surface area contributed by atoms with Gasteiger partial charge in [-0.15, -0.1) is 0 Å². The van der Waals surface area contributed by atoms with Crippen LogP contribution in [0.2, 0.25) is 0 Å². The van der Waals surface area contributed by atoms with E-state index in [0.29, 0.717) is 67.6 Å². The molecular formula is C45H48N4O5. The van der Waals surface area contributed by atoms with Gasteiger partial charge in [-0.1, -0.05) is 55.1 Å². The second-order valence-corrected chi connectivity index (χ2v) is 15.6. The Morgan fingerprint density at radius 3 is 2.20 bits per heavy atom. The molecule has 9 rings (SSSR count). The second kappa shape index (κ2) is 14.6. The molecule has 0 aromatic heterocycles. The number of benzene rings is 4. The van der Waals surface area contributed by atoms with Gasteiger partial charge in [0.25, 0.3) is 5.91 Å². The first-order valence-electron chi connectivity index (χ1n) is 19.5. The summed E-state index contributed by atoms with van der Waals surface area (Å²) in [6.45, 7) is 9.38. The molecule has 5 atom stereocenters. The molecule has 2 amide bonds. The Kier molecular flexibility index (Phi) is 9.37. The van der Waals surface area contributed by atoms with Crippen LogP contribution in [0.5, 0.6) is 17.2 Å². The molecule has 0 radical (unpaired) electrons. The molecule has 3 fully saturated rings. The summed E-state index contributed by atoms with van der Waals surface area (Å²) in [5, 5.41) is 13.0. The van der Waals surface area contributed by atoms with Gasteiger partial charge in [0.05, 0.1) is 0 Å². The second-order valence-electron chi connectivity index (χ2n) is 15.6. The predicted octanol–water partition coefficient (Wildman–Crippen LogP) is 6.22. The molecule has 0 saturated carbocycles. The number of piperidine rings is 1. The van der Waals surface area contributed by atoms with E-state index in [1.165, 1.54) is 28.7 Å². The van der Waals surface area contributed by atoms with Crippen LogP contribution < -0.4 is 14.8 Å². The van der Waals surface area contributed by atoms with E-state index in [4.69, 9.17) is 9.47 Å². The normalized spacial score (nSPS) is 25.1. The van der Waals surface area contributed by atoms with Crippen molar-refractivity contribution >= 4 is 11.8 Å². The standard InChI is InChI=1S/C45H48N4O5/c1-29-7-18-42(44(51)46-29)49-26-33-24-38(14-17-41(33)45(49)52)54-22-20-48-28-34-25-35(48)27-47(34)19-21-53-37-12-8-31(9-13-37)43-39(30-5-3-2-4-6-30)15-10-32-23-36(50)11-16-40(32)43/h2-6,8-9,11-14,16-17,23-24,34-35,39,42-43,50H,1,7,10,15,18-22,25-28H2,(H,46,51)/t34-,35-,39+,42+,43-/m1/s1. The Labute approximate surface area is 317 Å². The molecule has 0 spiro atoms. The topological polar surface area (TPSA) is 94.6 Å². The summed E-state index contributed by atoms with van der Waals surface area (Å²) in [6, 6.07) is 31.6. The van der Waals surface area contributed by atoms with Gasteiger partial charge in [0.15, 0.2) is 0 Å². The van der Waals surface area contributed by atoms with E-state index in [1.54, 1.807) is 4.90 Å². The number of amides is 2. The fourth-order valence-electron chi connectivity index (χ4n) is 9.71. The monoisotopic (exact) mass is 724 g/mol. The number of phenols is 1.